The third kappa shape index (κ3) is 3.71. The molecule has 1 aromatic carbocycles. The van der Waals surface area contributed by atoms with Crippen LogP contribution in [0.4, 0.5) is 0 Å². The molecule has 108 valence electrons. The first-order valence-electron chi connectivity index (χ1n) is 6.97. The average molecular weight is 264 g/mol. The largest absolute Gasteiger partial charge is 0.496 e. The van der Waals surface area contributed by atoms with Gasteiger partial charge in [-0.05, 0) is 35.9 Å². The molecule has 0 amide bonds. The van der Waals surface area contributed by atoms with Gasteiger partial charge in [0, 0.05) is 11.6 Å². The average Bonchev–Trinajstić information content (AvgIpc) is 2.36. The van der Waals surface area contributed by atoms with E-state index in [0.29, 0.717) is 12.5 Å². The molecule has 0 aliphatic carbocycles. The summed E-state index contributed by atoms with van der Waals surface area (Å²) >= 11 is 0. The molecular weight excluding hydrogens is 236 g/mol. The summed E-state index contributed by atoms with van der Waals surface area (Å²) in [4.78, 5) is 0. The Labute approximate surface area is 117 Å². The van der Waals surface area contributed by atoms with Crippen molar-refractivity contribution in [3.63, 3.8) is 0 Å². The van der Waals surface area contributed by atoms with Crippen LogP contribution in [0.3, 0.4) is 0 Å². The molecule has 1 unspecified atom stereocenters. The summed E-state index contributed by atoms with van der Waals surface area (Å²) in [5.41, 5.74) is 14.5. The van der Waals surface area contributed by atoms with Crippen LogP contribution in [0.2, 0.25) is 0 Å². The Balaban J connectivity index is 3.19. The zero-order valence-corrected chi connectivity index (χ0v) is 12.9. The third-order valence-corrected chi connectivity index (χ3v) is 3.89. The number of hydrogen-bond acceptors (Lipinski definition) is 3. The quantitative estimate of drug-likeness (QED) is 0.829. The summed E-state index contributed by atoms with van der Waals surface area (Å²) in [6, 6.07) is 6.22. The highest BCUT2D eigenvalue weighted by molar-refractivity contribution is 5.41. The van der Waals surface area contributed by atoms with E-state index in [9.17, 15) is 0 Å². The van der Waals surface area contributed by atoms with E-state index in [1.54, 1.807) is 7.11 Å². The third-order valence-electron chi connectivity index (χ3n) is 3.89. The maximum absolute atomic E-state index is 6.47. The van der Waals surface area contributed by atoms with E-state index in [-0.39, 0.29) is 11.5 Å². The Morgan fingerprint density at radius 2 is 1.89 bits per heavy atom. The number of benzene rings is 1. The van der Waals surface area contributed by atoms with Crippen molar-refractivity contribution in [2.24, 2.45) is 16.9 Å². The fraction of sp³-hybridized carbons (Fsp3) is 0.625. The van der Waals surface area contributed by atoms with Gasteiger partial charge >= 0.3 is 0 Å². The molecule has 0 aliphatic rings. The molecule has 0 heterocycles. The summed E-state index contributed by atoms with van der Waals surface area (Å²) < 4.78 is 5.46. The van der Waals surface area contributed by atoms with Crippen LogP contribution in [0.1, 0.15) is 57.2 Å². The van der Waals surface area contributed by atoms with E-state index in [2.05, 4.69) is 39.8 Å². The van der Waals surface area contributed by atoms with E-state index >= 15 is 0 Å². The lowest BCUT2D eigenvalue weighted by atomic mass is 9.77. The maximum atomic E-state index is 6.47. The van der Waals surface area contributed by atoms with Gasteiger partial charge in [0.25, 0.3) is 0 Å². The van der Waals surface area contributed by atoms with Crippen LogP contribution in [0.25, 0.3) is 0 Å². The molecule has 0 spiro atoms. The van der Waals surface area contributed by atoms with Crippen LogP contribution in [0.15, 0.2) is 18.2 Å². The van der Waals surface area contributed by atoms with Crippen LogP contribution in [-0.2, 0) is 0 Å². The first-order valence-corrected chi connectivity index (χ1v) is 6.97. The van der Waals surface area contributed by atoms with Crippen molar-refractivity contribution >= 4 is 0 Å². The highest BCUT2D eigenvalue weighted by Gasteiger charge is 2.29. The van der Waals surface area contributed by atoms with Crippen molar-refractivity contribution in [3.05, 3.63) is 29.3 Å². The molecule has 0 bridgehead atoms. The summed E-state index contributed by atoms with van der Waals surface area (Å²) in [5, 5.41) is 0. The van der Waals surface area contributed by atoms with Gasteiger partial charge in [-0.15, -0.1) is 0 Å². The predicted octanol–water partition coefficient (Wildman–Crippen LogP) is 3.19. The molecule has 0 saturated carbocycles. The Morgan fingerprint density at radius 3 is 2.37 bits per heavy atom. The Bertz CT molecular complexity index is 413. The van der Waals surface area contributed by atoms with Crippen molar-refractivity contribution in [1.82, 2.24) is 0 Å². The first kappa shape index (κ1) is 16.0. The van der Waals surface area contributed by atoms with Crippen LogP contribution >= 0.6 is 0 Å². The lowest BCUT2D eigenvalue weighted by Gasteiger charge is -2.33. The second-order valence-corrected chi connectivity index (χ2v) is 6.16. The number of nitrogens with two attached hydrogens (primary N) is 2. The smallest absolute Gasteiger partial charge is 0.123 e. The molecule has 0 aliphatic heterocycles. The summed E-state index contributed by atoms with van der Waals surface area (Å²) in [7, 11) is 1.69. The minimum Gasteiger partial charge on any atom is -0.496 e. The van der Waals surface area contributed by atoms with Gasteiger partial charge in [0.1, 0.15) is 5.75 Å². The monoisotopic (exact) mass is 264 g/mol. The molecule has 3 nitrogen and oxygen atoms in total. The second-order valence-electron chi connectivity index (χ2n) is 6.16. The fourth-order valence-corrected chi connectivity index (χ4v) is 2.30. The molecule has 0 aromatic heterocycles. The lowest BCUT2D eigenvalue weighted by molar-refractivity contribution is 0.264. The van der Waals surface area contributed by atoms with Crippen molar-refractivity contribution < 1.29 is 4.74 Å². The van der Waals surface area contributed by atoms with Gasteiger partial charge in [-0.25, -0.2) is 0 Å². The van der Waals surface area contributed by atoms with E-state index in [4.69, 9.17) is 16.2 Å². The number of methoxy groups -OCH3 is 1. The lowest BCUT2D eigenvalue weighted by Crippen LogP contribution is -2.31. The fourth-order valence-electron chi connectivity index (χ4n) is 2.30. The van der Waals surface area contributed by atoms with Crippen LogP contribution in [0.5, 0.6) is 5.75 Å². The standard InChI is InChI=1S/C16H28N2O/c1-11(2)12-6-7-14(19-5)13(10-12)15(18)16(3,4)8-9-17/h6-7,10-11,15H,8-9,17-18H2,1-5H3. The minimum absolute atomic E-state index is 0.0440. The minimum atomic E-state index is -0.0790. The summed E-state index contributed by atoms with van der Waals surface area (Å²) in [6.45, 7) is 9.33. The summed E-state index contributed by atoms with van der Waals surface area (Å²) in [5.74, 6) is 1.34. The van der Waals surface area contributed by atoms with Gasteiger partial charge in [0.15, 0.2) is 0 Å². The SMILES string of the molecule is COc1ccc(C(C)C)cc1C(N)C(C)(C)CCN. The highest BCUT2D eigenvalue weighted by Crippen LogP contribution is 2.39. The van der Waals surface area contributed by atoms with Crippen molar-refractivity contribution in [1.29, 1.82) is 0 Å². The van der Waals surface area contributed by atoms with Crippen molar-refractivity contribution in [3.8, 4) is 5.75 Å². The molecule has 1 rings (SSSR count). The van der Waals surface area contributed by atoms with Gasteiger partial charge in [-0.3, -0.25) is 0 Å². The summed E-state index contributed by atoms with van der Waals surface area (Å²) in [6.07, 6.45) is 0.892. The van der Waals surface area contributed by atoms with Gasteiger partial charge in [-0.2, -0.15) is 0 Å². The Hall–Kier alpha value is -1.06. The molecule has 3 heteroatoms. The van der Waals surface area contributed by atoms with Crippen LogP contribution < -0.4 is 16.2 Å². The van der Waals surface area contributed by atoms with Gasteiger partial charge < -0.3 is 16.2 Å². The number of ether oxygens (including phenoxy) is 1. The van der Waals surface area contributed by atoms with E-state index in [1.165, 1.54) is 5.56 Å². The molecule has 19 heavy (non-hydrogen) atoms. The second kappa shape index (κ2) is 6.40. The van der Waals surface area contributed by atoms with Crippen molar-refractivity contribution in [2.75, 3.05) is 13.7 Å². The predicted molar refractivity (Wildman–Crippen MR) is 81.5 cm³/mol. The first-order chi connectivity index (χ1) is 8.83. The molecule has 1 atom stereocenters. The zero-order valence-electron chi connectivity index (χ0n) is 12.9. The molecule has 0 saturated heterocycles. The van der Waals surface area contributed by atoms with Crippen molar-refractivity contribution in [2.45, 2.75) is 46.1 Å². The van der Waals surface area contributed by atoms with Gasteiger partial charge in [0.2, 0.25) is 0 Å². The molecule has 0 radical (unpaired) electrons. The van der Waals surface area contributed by atoms with Gasteiger partial charge in [-0.1, -0.05) is 39.8 Å². The van der Waals surface area contributed by atoms with E-state index in [0.717, 1.165) is 17.7 Å². The number of hydrogen-bond donors (Lipinski definition) is 2. The zero-order chi connectivity index (χ0) is 14.6. The maximum Gasteiger partial charge on any atom is 0.123 e. The molecule has 0 fully saturated rings. The highest BCUT2D eigenvalue weighted by atomic mass is 16.5. The molecular formula is C16H28N2O. The van der Waals surface area contributed by atoms with Crippen LogP contribution in [-0.4, -0.2) is 13.7 Å². The normalized spacial score (nSPS) is 13.7. The van der Waals surface area contributed by atoms with Gasteiger partial charge in [0.05, 0.1) is 7.11 Å². The number of rotatable bonds is 6. The Morgan fingerprint density at radius 1 is 1.26 bits per heavy atom. The van der Waals surface area contributed by atoms with E-state index < -0.39 is 0 Å². The molecule has 1 aromatic rings. The molecule has 4 N–H and O–H groups in total. The van der Waals surface area contributed by atoms with E-state index in [1.807, 2.05) is 6.07 Å². The van der Waals surface area contributed by atoms with Crippen LogP contribution in [0, 0.1) is 5.41 Å². The topological polar surface area (TPSA) is 61.3 Å². The Kier molecular flexibility index (Phi) is 5.39.